The predicted molar refractivity (Wildman–Crippen MR) is 77.0 cm³/mol. The summed E-state index contributed by atoms with van der Waals surface area (Å²) in [6.07, 6.45) is 1.48. The number of rotatable bonds is 3. The van der Waals surface area contributed by atoms with E-state index in [1.54, 1.807) is 36.4 Å². The number of furan rings is 1. The number of hydrogen-bond donors (Lipinski definition) is 2. The maximum Gasteiger partial charge on any atom is 0.346 e. The van der Waals surface area contributed by atoms with Gasteiger partial charge in [0.05, 0.1) is 12.0 Å². The first kappa shape index (κ1) is 12.9. The number of amides is 1. The molecule has 6 heteroatoms. The monoisotopic (exact) mass is 281 g/mol. The Hall–Kier alpha value is -3.15. The Morgan fingerprint density at radius 2 is 1.95 bits per heavy atom. The molecule has 3 aromatic rings. The quantitative estimate of drug-likeness (QED) is 0.771. The maximum atomic E-state index is 12.1. The Balaban J connectivity index is 1.92. The van der Waals surface area contributed by atoms with E-state index in [4.69, 9.17) is 4.42 Å². The van der Waals surface area contributed by atoms with Crippen LogP contribution in [-0.2, 0) is 0 Å². The zero-order valence-electron chi connectivity index (χ0n) is 10.9. The number of para-hydroxylation sites is 1. The molecule has 0 aliphatic heterocycles. The highest BCUT2D eigenvalue weighted by atomic mass is 16.3. The molecule has 6 nitrogen and oxygen atoms in total. The Kier molecular flexibility index (Phi) is 3.34. The third-order valence-corrected chi connectivity index (χ3v) is 2.80. The third kappa shape index (κ3) is 2.89. The highest BCUT2D eigenvalue weighted by molar-refractivity contribution is 6.03. The smallest absolute Gasteiger partial charge is 0.346 e. The van der Waals surface area contributed by atoms with E-state index in [0.29, 0.717) is 17.1 Å². The number of hydrogen-bond acceptors (Lipinski definition) is 4. The minimum atomic E-state index is -0.609. The lowest BCUT2D eigenvalue weighted by atomic mass is 10.2. The molecule has 0 unspecified atom stereocenters. The van der Waals surface area contributed by atoms with Gasteiger partial charge in [-0.1, -0.05) is 18.2 Å². The first-order valence-corrected chi connectivity index (χ1v) is 6.24. The van der Waals surface area contributed by atoms with Crippen LogP contribution in [0.1, 0.15) is 10.5 Å². The van der Waals surface area contributed by atoms with Crippen molar-refractivity contribution < 1.29 is 9.21 Å². The van der Waals surface area contributed by atoms with Crippen LogP contribution in [0.3, 0.4) is 0 Å². The molecule has 1 aromatic carbocycles. The van der Waals surface area contributed by atoms with Crippen molar-refractivity contribution in [3.05, 3.63) is 71.0 Å². The van der Waals surface area contributed by atoms with Crippen LogP contribution in [0.25, 0.3) is 11.5 Å². The van der Waals surface area contributed by atoms with Gasteiger partial charge < -0.3 is 14.7 Å². The summed E-state index contributed by atoms with van der Waals surface area (Å²) in [5.41, 5.74) is 0.443. The van der Waals surface area contributed by atoms with Crippen molar-refractivity contribution >= 4 is 11.6 Å². The molecule has 0 saturated carbocycles. The summed E-state index contributed by atoms with van der Waals surface area (Å²) in [5, 5.41) is 2.67. The van der Waals surface area contributed by atoms with Gasteiger partial charge in [-0.2, -0.15) is 4.98 Å². The van der Waals surface area contributed by atoms with Crippen LogP contribution < -0.4 is 11.0 Å². The van der Waals surface area contributed by atoms with Gasteiger partial charge in [0.15, 0.2) is 0 Å². The fourth-order valence-electron chi connectivity index (χ4n) is 1.86. The van der Waals surface area contributed by atoms with Gasteiger partial charge in [0.2, 0.25) is 0 Å². The summed E-state index contributed by atoms with van der Waals surface area (Å²) in [4.78, 5) is 29.9. The second kappa shape index (κ2) is 5.46. The van der Waals surface area contributed by atoms with Crippen molar-refractivity contribution in [1.29, 1.82) is 0 Å². The van der Waals surface area contributed by atoms with Gasteiger partial charge in [-0.25, -0.2) is 4.79 Å². The summed E-state index contributed by atoms with van der Waals surface area (Å²) < 4.78 is 5.20. The van der Waals surface area contributed by atoms with E-state index < -0.39 is 11.6 Å². The van der Waals surface area contributed by atoms with Crippen molar-refractivity contribution in [2.75, 3.05) is 5.32 Å². The fourth-order valence-corrected chi connectivity index (χ4v) is 1.86. The summed E-state index contributed by atoms with van der Waals surface area (Å²) in [5.74, 6) is 0.00312. The SMILES string of the molecule is O=C(Nc1ccccc1)c1cc(-c2ccco2)[nH]c(=O)n1. The number of carbonyl (C=O) groups is 1. The number of H-pyrrole nitrogens is 1. The van der Waals surface area contributed by atoms with Crippen molar-refractivity contribution in [2.45, 2.75) is 0 Å². The highest BCUT2D eigenvalue weighted by Crippen LogP contribution is 2.16. The molecule has 21 heavy (non-hydrogen) atoms. The lowest BCUT2D eigenvalue weighted by molar-refractivity contribution is 0.102. The molecule has 0 spiro atoms. The van der Waals surface area contributed by atoms with Gasteiger partial charge >= 0.3 is 5.69 Å². The lowest BCUT2D eigenvalue weighted by Gasteiger charge is -2.05. The zero-order valence-corrected chi connectivity index (χ0v) is 10.9. The minimum absolute atomic E-state index is 0.0222. The zero-order chi connectivity index (χ0) is 14.7. The molecule has 0 aliphatic carbocycles. The van der Waals surface area contributed by atoms with E-state index in [2.05, 4.69) is 15.3 Å². The van der Waals surface area contributed by atoms with Gasteiger partial charge in [-0.05, 0) is 30.3 Å². The number of nitrogens with zero attached hydrogens (tertiary/aromatic N) is 1. The number of anilines is 1. The minimum Gasteiger partial charge on any atom is -0.463 e. The average molecular weight is 281 g/mol. The number of carbonyl (C=O) groups excluding carboxylic acids is 1. The summed E-state index contributed by atoms with van der Waals surface area (Å²) in [6.45, 7) is 0. The normalized spacial score (nSPS) is 10.3. The van der Waals surface area contributed by atoms with Crippen molar-refractivity contribution in [2.24, 2.45) is 0 Å². The first-order valence-electron chi connectivity index (χ1n) is 6.24. The number of aromatic amines is 1. The van der Waals surface area contributed by atoms with Gasteiger partial charge in [0.1, 0.15) is 11.5 Å². The van der Waals surface area contributed by atoms with Crippen LogP contribution in [0.15, 0.2) is 64.0 Å². The van der Waals surface area contributed by atoms with Gasteiger partial charge in [0.25, 0.3) is 5.91 Å². The molecule has 104 valence electrons. The van der Waals surface area contributed by atoms with Crippen molar-refractivity contribution in [3.8, 4) is 11.5 Å². The molecule has 2 N–H and O–H groups in total. The van der Waals surface area contributed by atoms with E-state index >= 15 is 0 Å². The Bertz CT molecular complexity index is 808. The predicted octanol–water partition coefficient (Wildman–Crippen LogP) is 2.28. The van der Waals surface area contributed by atoms with Gasteiger partial charge in [-0.3, -0.25) is 4.79 Å². The molecule has 0 atom stereocenters. The van der Waals surface area contributed by atoms with Crippen LogP contribution in [0.4, 0.5) is 5.69 Å². The highest BCUT2D eigenvalue weighted by Gasteiger charge is 2.12. The Labute approximate surface area is 119 Å². The topological polar surface area (TPSA) is 88.0 Å². The van der Waals surface area contributed by atoms with Crippen LogP contribution >= 0.6 is 0 Å². The van der Waals surface area contributed by atoms with Crippen LogP contribution in [0, 0.1) is 0 Å². The largest absolute Gasteiger partial charge is 0.463 e. The van der Waals surface area contributed by atoms with Crippen molar-refractivity contribution in [3.63, 3.8) is 0 Å². The summed E-state index contributed by atoms with van der Waals surface area (Å²) in [6, 6.07) is 13.8. The molecular formula is C15H11N3O3. The molecule has 0 bridgehead atoms. The number of nitrogens with one attached hydrogen (secondary N) is 2. The molecule has 0 fully saturated rings. The van der Waals surface area contributed by atoms with Crippen LogP contribution in [0.2, 0.25) is 0 Å². The number of aromatic nitrogens is 2. The Morgan fingerprint density at radius 1 is 1.14 bits per heavy atom. The second-order valence-electron chi connectivity index (χ2n) is 4.28. The molecule has 0 aliphatic rings. The second-order valence-corrected chi connectivity index (χ2v) is 4.28. The molecule has 2 heterocycles. The van der Waals surface area contributed by atoms with Crippen LogP contribution in [-0.4, -0.2) is 15.9 Å². The van der Waals surface area contributed by atoms with Crippen LogP contribution in [0.5, 0.6) is 0 Å². The van der Waals surface area contributed by atoms with Gasteiger partial charge in [-0.15, -0.1) is 0 Å². The molecule has 2 aromatic heterocycles. The van der Waals surface area contributed by atoms with E-state index in [1.165, 1.54) is 12.3 Å². The van der Waals surface area contributed by atoms with E-state index in [1.807, 2.05) is 6.07 Å². The van der Waals surface area contributed by atoms with E-state index in [-0.39, 0.29) is 5.69 Å². The average Bonchev–Trinajstić information content (AvgIpc) is 3.02. The maximum absolute atomic E-state index is 12.1. The summed E-state index contributed by atoms with van der Waals surface area (Å²) >= 11 is 0. The Morgan fingerprint density at radius 3 is 2.67 bits per heavy atom. The standard InChI is InChI=1S/C15H11N3O3/c19-14(16-10-5-2-1-3-6-10)12-9-11(17-15(20)18-12)13-7-4-8-21-13/h1-9H,(H,16,19)(H,17,18,20). The summed E-state index contributed by atoms with van der Waals surface area (Å²) in [7, 11) is 0. The first-order chi connectivity index (χ1) is 10.2. The van der Waals surface area contributed by atoms with Crippen molar-refractivity contribution in [1.82, 2.24) is 9.97 Å². The van der Waals surface area contributed by atoms with Gasteiger partial charge in [0, 0.05) is 5.69 Å². The fraction of sp³-hybridized carbons (Fsp3) is 0. The molecule has 3 rings (SSSR count). The molecule has 1 amide bonds. The molecular weight excluding hydrogens is 270 g/mol. The lowest BCUT2D eigenvalue weighted by Crippen LogP contribution is -2.21. The van der Waals surface area contributed by atoms with E-state index in [0.717, 1.165) is 0 Å². The van der Waals surface area contributed by atoms with E-state index in [9.17, 15) is 9.59 Å². The molecule has 0 radical (unpaired) electrons. The third-order valence-electron chi connectivity index (χ3n) is 2.80. The number of benzene rings is 1. The molecule has 0 saturated heterocycles.